The minimum Gasteiger partial charge on any atom is -0.383 e. The monoisotopic (exact) mass is 295 g/mol. The number of hydrogen-bond donors (Lipinski definition) is 3. The number of carbonyl (C=O) groups is 1. The van der Waals surface area contributed by atoms with Crippen molar-refractivity contribution in [3.8, 4) is 0 Å². The number of nitrogens with two attached hydrogens (primary N) is 2. The smallest absolute Gasteiger partial charge is 0.270 e. The number of hydrogen-bond acceptors (Lipinski definition) is 7. The summed E-state index contributed by atoms with van der Waals surface area (Å²) in [5.41, 5.74) is 13.2. The summed E-state index contributed by atoms with van der Waals surface area (Å²) in [7, 11) is 0. The standard InChI is InChI=1S/C14H13N7O/c15-12-9-5-8(1-2-10(9)20-14(16)21-12)6-18-13(22)11-3-4-17-7-19-11/h1-5,7H,6H2,(H,18,22)(H4,15,16,20,21). The molecule has 2 heterocycles. The largest absolute Gasteiger partial charge is 0.383 e. The zero-order valence-corrected chi connectivity index (χ0v) is 11.5. The van der Waals surface area contributed by atoms with E-state index in [2.05, 4.69) is 25.3 Å². The molecule has 110 valence electrons. The molecule has 8 nitrogen and oxygen atoms in total. The highest BCUT2D eigenvalue weighted by Gasteiger charge is 2.08. The van der Waals surface area contributed by atoms with E-state index >= 15 is 0 Å². The molecular weight excluding hydrogens is 282 g/mol. The number of amides is 1. The summed E-state index contributed by atoms with van der Waals surface area (Å²) in [4.78, 5) is 27.6. The van der Waals surface area contributed by atoms with Crippen molar-refractivity contribution in [1.82, 2.24) is 25.3 Å². The number of nitrogen functional groups attached to an aromatic ring is 2. The molecule has 2 aromatic heterocycles. The van der Waals surface area contributed by atoms with Gasteiger partial charge in [0, 0.05) is 18.1 Å². The molecule has 0 aliphatic rings. The van der Waals surface area contributed by atoms with Crippen LogP contribution in [0.2, 0.25) is 0 Å². The fraction of sp³-hybridized carbons (Fsp3) is 0.0714. The van der Waals surface area contributed by atoms with Gasteiger partial charge in [-0.3, -0.25) is 4.79 Å². The van der Waals surface area contributed by atoms with Crippen LogP contribution in [-0.2, 0) is 6.54 Å². The van der Waals surface area contributed by atoms with Crippen LogP contribution in [-0.4, -0.2) is 25.8 Å². The second kappa shape index (κ2) is 5.60. The normalized spacial score (nSPS) is 10.5. The maximum absolute atomic E-state index is 11.9. The van der Waals surface area contributed by atoms with Crippen LogP contribution < -0.4 is 16.8 Å². The number of anilines is 2. The minimum atomic E-state index is -0.274. The average Bonchev–Trinajstić information content (AvgIpc) is 2.53. The third-order valence-electron chi connectivity index (χ3n) is 3.07. The second-order valence-electron chi connectivity index (χ2n) is 4.60. The van der Waals surface area contributed by atoms with Gasteiger partial charge in [0.2, 0.25) is 5.95 Å². The summed E-state index contributed by atoms with van der Waals surface area (Å²) in [6.07, 6.45) is 2.84. The Kier molecular flexibility index (Phi) is 3.48. The minimum absolute atomic E-state index is 0.134. The zero-order valence-electron chi connectivity index (χ0n) is 11.5. The van der Waals surface area contributed by atoms with Gasteiger partial charge in [-0.25, -0.2) is 15.0 Å². The molecule has 1 aromatic carbocycles. The number of benzene rings is 1. The zero-order chi connectivity index (χ0) is 15.5. The van der Waals surface area contributed by atoms with Crippen LogP contribution in [0.5, 0.6) is 0 Å². The van der Waals surface area contributed by atoms with E-state index < -0.39 is 0 Å². The van der Waals surface area contributed by atoms with Crippen molar-refractivity contribution in [2.24, 2.45) is 0 Å². The van der Waals surface area contributed by atoms with E-state index in [1.165, 1.54) is 12.5 Å². The Morgan fingerprint density at radius 1 is 1.18 bits per heavy atom. The molecule has 8 heteroatoms. The van der Waals surface area contributed by atoms with Crippen molar-refractivity contribution >= 4 is 28.6 Å². The van der Waals surface area contributed by atoms with Crippen molar-refractivity contribution in [2.75, 3.05) is 11.5 Å². The molecule has 0 unspecified atom stereocenters. The lowest BCUT2D eigenvalue weighted by Gasteiger charge is -2.07. The van der Waals surface area contributed by atoms with Gasteiger partial charge in [-0.2, -0.15) is 4.98 Å². The molecule has 0 saturated heterocycles. The fourth-order valence-electron chi connectivity index (χ4n) is 2.03. The summed E-state index contributed by atoms with van der Waals surface area (Å²) in [6, 6.07) is 7.00. The number of aromatic nitrogens is 4. The number of carbonyl (C=O) groups excluding carboxylic acids is 1. The van der Waals surface area contributed by atoms with Crippen molar-refractivity contribution in [2.45, 2.75) is 6.54 Å². The van der Waals surface area contributed by atoms with Crippen molar-refractivity contribution in [1.29, 1.82) is 0 Å². The Bertz CT molecular complexity index is 835. The molecule has 0 aliphatic heterocycles. The molecule has 0 fully saturated rings. The van der Waals surface area contributed by atoms with Crippen molar-refractivity contribution in [3.05, 3.63) is 48.0 Å². The lowest BCUT2D eigenvalue weighted by molar-refractivity contribution is 0.0945. The molecular formula is C14H13N7O. The number of fused-ring (bicyclic) bond motifs is 1. The molecule has 22 heavy (non-hydrogen) atoms. The lowest BCUT2D eigenvalue weighted by Crippen LogP contribution is -2.23. The van der Waals surface area contributed by atoms with Gasteiger partial charge in [-0.05, 0) is 23.8 Å². The first-order valence-corrected chi connectivity index (χ1v) is 6.49. The Labute approximate surface area is 125 Å². The summed E-state index contributed by atoms with van der Waals surface area (Å²) in [5, 5.41) is 3.47. The van der Waals surface area contributed by atoms with E-state index in [0.717, 1.165) is 5.56 Å². The van der Waals surface area contributed by atoms with Crippen LogP contribution in [0.25, 0.3) is 10.9 Å². The average molecular weight is 295 g/mol. The highest BCUT2D eigenvalue weighted by molar-refractivity contribution is 5.92. The predicted molar refractivity (Wildman–Crippen MR) is 81.6 cm³/mol. The van der Waals surface area contributed by atoms with E-state index in [0.29, 0.717) is 29.0 Å². The quantitative estimate of drug-likeness (QED) is 0.641. The van der Waals surface area contributed by atoms with E-state index in [9.17, 15) is 4.79 Å². The molecule has 3 rings (SSSR count). The number of rotatable bonds is 3. The lowest BCUT2D eigenvalue weighted by atomic mass is 10.1. The summed E-state index contributed by atoms with van der Waals surface area (Å²) in [6.45, 7) is 0.336. The summed E-state index contributed by atoms with van der Waals surface area (Å²) < 4.78 is 0. The van der Waals surface area contributed by atoms with Gasteiger partial charge in [-0.15, -0.1) is 0 Å². The number of nitrogens with one attached hydrogen (secondary N) is 1. The Morgan fingerprint density at radius 2 is 2.05 bits per heavy atom. The highest BCUT2D eigenvalue weighted by atomic mass is 16.1. The first-order valence-electron chi connectivity index (χ1n) is 6.49. The van der Waals surface area contributed by atoms with E-state index in [4.69, 9.17) is 11.5 Å². The third kappa shape index (κ3) is 2.75. The number of nitrogens with zero attached hydrogens (tertiary/aromatic N) is 4. The van der Waals surface area contributed by atoms with Gasteiger partial charge >= 0.3 is 0 Å². The van der Waals surface area contributed by atoms with Gasteiger partial charge in [-0.1, -0.05) is 6.07 Å². The van der Waals surface area contributed by atoms with E-state index in [1.54, 1.807) is 12.1 Å². The highest BCUT2D eigenvalue weighted by Crippen LogP contribution is 2.20. The van der Waals surface area contributed by atoms with Crippen LogP contribution in [0.4, 0.5) is 11.8 Å². The maximum Gasteiger partial charge on any atom is 0.270 e. The third-order valence-corrected chi connectivity index (χ3v) is 3.07. The van der Waals surface area contributed by atoms with Crippen molar-refractivity contribution < 1.29 is 4.79 Å². The van der Waals surface area contributed by atoms with E-state index in [-0.39, 0.29) is 11.9 Å². The predicted octanol–water partition coefficient (Wildman–Crippen LogP) is 0.514. The van der Waals surface area contributed by atoms with E-state index in [1.807, 2.05) is 12.1 Å². The Morgan fingerprint density at radius 3 is 2.82 bits per heavy atom. The molecule has 0 bridgehead atoms. The fourth-order valence-corrected chi connectivity index (χ4v) is 2.03. The molecule has 0 saturated carbocycles. The van der Waals surface area contributed by atoms with Gasteiger partial charge in [0.25, 0.3) is 5.91 Å². The Hall–Kier alpha value is -3.29. The summed E-state index contributed by atoms with van der Waals surface area (Å²) >= 11 is 0. The maximum atomic E-state index is 11.9. The van der Waals surface area contributed by atoms with Crippen LogP contribution in [0.3, 0.4) is 0 Å². The molecule has 0 atom stereocenters. The topological polar surface area (TPSA) is 133 Å². The van der Waals surface area contributed by atoms with Crippen LogP contribution in [0, 0.1) is 0 Å². The SMILES string of the molecule is Nc1nc(N)c2cc(CNC(=O)c3ccncn3)ccc2n1. The first kappa shape index (κ1) is 13.7. The molecule has 0 radical (unpaired) electrons. The first-order chi connectivity index (χ1) is 10.6. The van der Waals surface area contributed by atoms with Crippen LogP contribution in [0.1, 0.15) is 16.1 Å². The summed E-state index contributed by atoms with van der Waals surface area (Å²) in [5.74, 6) is 0.172. The van der Waals surface area contributed by atoms with Crippen molar-refractivity contribution in [3.63, 3.8) is 0 Å². The molecule has 3 aromatic rings. The van der Waals surface area contributed by atoms with Crippen LogP contribution >= 0.6 is 0 Å². The molecule has 0 aliphatic carbocycles. The molecule has 1 amide bonds. The Balaban J connectivity index is 1.79. The van der Waals surface area contributed by atoms with Gasteiger partial charge in [0.05, 0.1) is 5.52 Å². The van der Waals surface area contributed by atoms with Gasteiger partial charge in [0.1, 0.15) is 17.8 Å². The van der Waals surface area contributed by atoms with Gasteiger partial charge in [0.15, 0.2) is 0 Å². The second-order valence-corrected chi connectivity index (χ2v) is 4.60. The van der Waals surface area contributed by atoms with Gasteiger partial charge < -0.3 is 16.8 Å². The molecule has 0 spiro atoms. The molecule has 5 N–H and O–H groups in total. The van der Waals surface area contributed by atoms with Crippen LogP contribution in [0.15, 0.2) is 36.8 Å².